The lowest BCUT2D eigenvalue weighted by Gasteiger charge is -2.15. The van der Waals surface area contributed by atoms with Gasteiger partial charge in [-0.25, -0.2) is 4.98 Å². The minimum atomic E-state index is 0.226. The van der Waals surface area contributed by atoms with Crippen molar-refractivity contribution in [2.75, 3.05) is 33.4 Å². The second-order valence-electron chi connectivity index (χ2n) is 4.32. The van der Waals surface area contributed by atoms with Gasteiger partial charge in [-0.1, -0.05) is 0 Å². The molecule has 1 unspecified atom stereocenters. The third-order valence-corrected chi connectivity index (χ3v) is 2.89. The zero-order chi connectivity index (χ0) is 12.1. The summed E-state index contributed by atoms with van der Waals surface area (Å²) in [6.07, 6.45) is 4.68. The highest BCUT2D eigenvalue weighted by molar-refractivity contribution is 5.06. The fourth-order valence-corrected chi connectivity index (χ4v) is 1.93. The molecule has 0 N–H and O–H groups in total. The molecule has 5 heteroatoms. The van der Waals surface area contributed by atoms with Crippen molar-refractivity contribution in [2.45, 2.75) is 19.4 Å². The van der Waals surface area contributed by atoms with Crippen molar-refractivity contribution in [1.29, 1.82) is 0 Å². The molecular weight excluding hydrogens is 218 g/mol. The number of hydrogen-bond donors (Lipinski definition) is 0. The number of likely N-dealkylation sites (tertiary alicyclic amines) is 1. The van der Waals surface area contributed by atoms with Crippen LogP contribution in [0.1, 0.15) is 12.1 Å². The second-order valence-corrected chi connectivity index (χ2v) is 4.32. The van der Waals surface area contributed by atoms with E-state index in [0.29, 0.717) is 5.88 Å². The average Bonchev–Trinajstić information content (AvgIpc) is 2.77. The lowest BCUT2D eigenvalue weighted by atomic mass is 10.3. The average molecular weight is 237 g/mol. The molecule has 1 aromatic heterocycles. The molecule has 2 rings (SSSR count). The molecule has 0 amide bonds. The Morgan fingerprint density at radius 1 is 1.41 bits per heavy atom. The van der Waals surface area contributed by atoms with E-state index in [1.54, 1.807) is 19.5 Å². The van der Waals surface area contributed by atoms with E-state index in [-0.39, 0.29) is 6.10 Å². The summed E-state index contributed by atoms with van der Waals surface area (Å²) >= 11 is 0. The highest BCUT2D eigenvalue weighted by Gasteiger charge is 2.23. The van der Waals surface area contributed by atoms with Crippen molar-refractivity contribution in [2.24, 2.45) is 0 Å². The van der Waals surface area contributed by atoms with Gasteiger partial charge in [0.05, 0.1) is 24.7 Å². The third kappa shape index (κ3) is 3.64. The maximum atomic E-state index is 5.78. The number of aryl methyl sites for hydroxylation is 1. The van der Waals surface area contributed by atoms with Gasteiger partial charge in [0.25, 0.3) is 0 Å². The summed E-state index contributed by atoms with van der Waals surface area (Å²) < 4.78 is 10.9. The molecule has 1 atom stereocenters. The monoisotopic (exact) mass is 237 g/mol. The first-order valence-electron chi connectivity index (χ1n) is 5.94. The summed E-state index contributed by atoms with van der Waals surface area (Å²) in [4.78, 5) is 10.7. The molecule has 1 aromatic rings. The number of methoxy groups -OCH3 is 1. The number of hydrogen-bond acceptors (Lipinski definition) is 5. The van der Waals surface area contributed by atoms with Gasteiger partial charge >= 0.3 is 0 Å². The Kier molecular flexibility index (Phi) is 4.28. The van der Waals surface area contributed by atoms with Gasteiger partial charge in [0.1, 0.15) is 6.10 Å². The van der Waals surface area contributed by atoms with Gasteiger partial charge in [0.15, 0.2) is 0 Å². The predicted octanol–water partition coefficient (Wildman–Crippen LogP) is 0.885. The molecule has 1 aliphatic rings. The van der Waals surface area contributed by atoms with E-state index in [0.717, 1.165) is 38.4 Å². The standard InChI is InChI=1S/C12H19N3O2/c1-10-7-14-12(8-13-10)17-11-3-4-15(9-11)5-6-16-2/h7-8,11H,3-6,9H2,1-2H3. The maximum absolute atomic E-state index is 5.78. The van der Waals surface area contributed by atoms with E-state index >= 15 is 0 Å². The molecule has 0 aromatic carbocycles. The Labute approximate surface area is 102 Å². The lowest BCUT2D eigenvalue weighted by molar-refractivity contribution is 0.147. The van der Waals surface area contributed by atoms with Crippen molar-refractivity contribution < 1.29 is 9.47 Å². The Hall–Kier alpha value is -1.20. The van der Waals surface area contributed by atoms with Gasteiger partial charge in [-0.2, -0.15) is 0 Å². The highest BCUT2D eigenvalue weighted by Crippen LogP contribution is 2.15. The van der Waals surface area contributed by atoms with Crippen LogP contribution >= 0.6 is 0 Å². The summed E-state index contributed by atoms with van der Waals surface area (Å²) in [5.74, 6) is 0.620. The summed E-state index contributed by atoms with van der Waals surface area (Å²) in [6.45, 7) is 5.66. The molecular formula is C12H19N3O2. The Bertz CT molecular complexity index is 342. The third-order valence-electron chi connectivity index (χ3n) is 2.89. The summed E-state index contributed by atoms with van der Waals surface area (Å²) in [6, 6.07) is 0. The molecule has 94 valence electrons. The van der Waals surface area contributed by atoms with Gasteiger partial charge in [0, 0.05) is 26.7 Å². The number of rotatable bonds is 5. The Morgan fingerprint density at radius 2 is 2.29 bits per heavy atom. The van der Waals surface area contributed by atoms with E-state index in [4.69, 9.17) is 9.47 Å². The summed E-state index contributed by atoms with van der Waals surface area (Å²) in [7, 11) is 1.73. The van der Waals surface area contributed by atoms with Gasteiger partial charge < -0.3 is 9.47 Å². The van der Waals surface area contributed by atoms with Crippen molar-refractivity contribution in [3.05, 3.63) is 18.1 Å². The van der Waals surface area contributed by atoms with Gasteiger partial charge in [-0.05, 0) is 13.3 Å². The first-order chi connectivity index (χ1) is 8.28. The molecule has 0 aliphatic carbocycles. The molecule has 1 saturated heterocycles. The molecule has 0 spiro atoms. The van der Waals surface area contributed by atoms with E-state index in [1.807, 2.05) is 6.92 Å². The van der Waals surface area contributed by atoms with Crippen molar-refractivity contribution >= 4 is 0 Å². The zero-order valence-electron chi connectivity index (χ0n) is 10.4. The van der Waals surface area contributed by atoms with Crippen LogP contribution in [0.15, 0.2) is 12.4 Å². The molecule has 17 heavy (non-hydrogen) atoms. The first kappa shape index (κ1) is 12.3. The SMILES string of the molecule is COCCN1CCC(Oc2cnc(C)cn2)C1. The summed E-state index contributed by atoms with van der Waals surface area (Å²) in [5, 5.41) is 0. The van der Waals surface area contributed by atoms with Crippen LogP contribution in [0.5, 0.6) is 5.88 Å². The van der Waals surface area contributed by atoms with Crippen LogP contribution < -0.4 is 4.74 Å². The van der Waals surface area contributed by atoms with Gasteiger partial charge in [-0.3, -0.25) is 9.88 Å². The fourth-order valence-electron chi connectivity index (χ4n) is 1.93. The molecule has 0 radical (unpaired) electrons. The second kappa shape index (κ2) is 5.93. The van der Waals surface area contributed by atoms with E-state index in [2.05, 4.69) is 14.9 Å². The van der Waals surface area contributed by atoms with E-state index in [9.17, 15) is 0 Å². The number of aromatic nitrogens is 2. The van der Waals surface area contributed by atoms with Crippen LogP contribution in [0.25, 0.3) is 0 Å². The van der Waals surface area contributed by atoms with Crippen molar-refractivity contribution in [3.63, 3.8) is 0 Å². The lowest BCUT2D eigenvalue weighted by Crippen LogP contribution is -2.28. The minimum Gasteiger partial charge on any atom is -0.472 e. The molecule has 2 heterocycles. The van der Waals surface area contributed by atoms with Crippen molar-refractivity contribution in [3.8, 4) is 5.88 Å². The normalized spacial score (nSPS) is 20.7. The predicted molar refractivity (Wildman–Crippen MR) is 64.1 cm³/mol. The van der Waals surface area contributed by atoms with Gasteiger partial charge in [-0.15, -0.1) is 0 Å². The van der Waals surface area contributed by atoms with Crippen LogP contribution in [0, 0.1) is 6.92 Å². The number of nitrogens with zero attached hydrogens (tertiary/aromatic N) is 3. The fraction of sp³-hybridized carbons (Fsp3) is 0.667. The molecule has 1 aliphatic heterocycles. The van der Waals surface area contributed by atoms with E-state index in [1.165, 1.54) is 0 Å². The quantitative estimate of drug-likeness (QED) is 0.761. The molecule has 0 bridgehead atoms. The van der Waals surface area contributed by atoms with Crippen LogP contribution in [0.4, 0.5) is 0 Å². The van der Waals surface area contributed by atoms with Crippen LogP contribution in [0.2, 0.25) is 0 Å². The van der Waals surface area contributed by atoms with Gasteiger partial charge in [0.2, 0.25) is 5.88 Å². The highest BCUT2D eigenvalue weighted by atomic mass is 16.5. The number of ether oxygens (including phenoxy) is 2. The first-order valence-corrected chi connectivity index (χ1v) is 5.94. The molecule has 5 nitrogen and oxygen atoms in total. The molecule has 0 saturated carbocycles. The Morgan fingerprint density at radius 3 is 3.00 bits per heavy atom. The van der Waals surface area contributed by atoms with Crippen LogP contribution in [-0.2, 0) is 4.74 Å². The van der Waals surface area contributed by atoms with Crippen LogP contribution in [-0.4, -0.2) is 54.3 Å². The van der Waals surface area contributed by atoms with Crippen molar-refractivity contribution in [1.82, 2.24) is 14.9 Å². The minimum absolute atomic E-state index is 0.226. The largest absolute Gasteiger partial charge is 0.472 e. The Balaban J connectivity index is 1.79. The van der Waals surface area contributed by atoms with E-state index < -0.39 is 0 Å². The topological polar surface area (TPSA) is 47.5 Å². The molecule has 1 fully saturated rings. The zero-order valence-corrected chi connectivity index (χ0v) is 10.4. The van der Waals surface area contributed by atoms with Crippen LogP contribution in [0.3, 0.4) is 0 Å². The maximum Gasteiger partial charge on any atom is 0.232 e. The summed E-state index contributed by atoms with van der Waals surface area (Å²) in [5.41, 5.74) is 0.908. The smallest absolute Gasteiger partial charge is 0.232 e.